The molecule has 3 aromatic heterocycles. The van der Waals surface area contributed by atoms with Gasteiger partial charge in [-0.2, -0.15) is 0 Å². The number of pyridine rings is 1. The number of hydrogen-bond donors (Lipinski definition) is 1. The normalized spacial score (nSPS) is 13.1. The molecule has 1 atom stereocenters. The predicted molar refractivity (Wildman–Crippen MR) is 81.1 cm³/mol. The van der Waals surface area contributed by atoms with Crippen molar-refractivity contribution in [2.24, 2.45) is 5.92 Å². The van der Waals surface area contributed by atoms with Crippen molar-refractivity contribution in [2.45, 2.75) is 39.8 Å². The highest BCUT2D eigenvalue weighted by Crippen LogP contribution is 2.21. The zero-order valence-corrected chi connectivity index (χ0v) is 13.0. The van der Waals surface area contributed by atoms with Gasteiger partial charge in [0, 0.05) is 12.6 Å². The fraction of sp³-hybridized carbons (Fsp3) is 0.467. The Morgan fingerprint density at radius 3 is 2.68 bits per heavy atom. The monoisotopic (exact) mass is 300 g/mol. The third-order valence-corrected chi connectivity index (χ3v) is 3.57. The summed E-state index contributed by atoms with van der Waals surface area (Å²) >= 11 is 0. The van der Waals surface area contributed by atoms with Gasteiger partial charge in [0.1, 0.15) is 0 Å². The summed E-state index contributed by atoms with van der Waals surface area (Å²) in [4.78, 5) is 0. The first kappa shape index (κ1) is 14.6. The molecule has 0 aromatic carbocycles. The molecule has 0 amide bonds. The Labute approximate surface area is 128 Å². The summed E-state index contributed by atoms with van der Waals surface area (Å²) in [6, 6.07) is 5.92. The molecule has 0 spiro atoms. The van der Waals surface area contributed by atoms with Crippen molar-refractivity contribution in [2.75, 3.05) is 0 Å². The van der Waals surface area contributed by atoms with Crippen LogP contribution in [0.25, 0.3) is 5.65 Å². The van der Waals surface area contributed by atoms with Gasteiger partial charge in [-0.3, -0.25) is 9.72 Å². The van der Waals surface area contributed by atoms with E-state index < -0.39 is 0 Å². The molecular formula is C15H20N6O. The summed E-state index contributed by atoms with van der Waals surface area (Å²) in [7, 11) is 0. The standard InChI is InChI=1S/C15H20N6O/c1-4-12-18-19-13(22-12)9-16-14(10(2)3)15-20-17-11-7-5-6-8-21(11)15/h5-8,10,14,16H,4,9H2,1-3H3/t14-/m1/s1. The zero-order valence-electron chi connectivity index (χ0n) is 13.0. The quantitative estimate of drug-likeness (QED) is 0.751. The Balaban J connectivity index is 1.80. The van der Waals surface area contributed by atoms with Crippen LogP contribution in [-0.4, -0.2) is 24.8 Å². The van der Waals surface area contributed by atoms with Crippen LogP contribution in [0.2, 0.25) is 0 Å². The van der Waals surface area contributed by atoms with E-state index in [1.807, 2.05) is 35.7 Å². The van der Waals surface area contributed by atoms with Gasteiger partial charge < -0.3 is 4.42 Å². The van der Waals surface area contributed by atoms with Crippen molar-refractivity contribution in [1.29, 1.82) is 0 Å². The summed E-state index contributed by atoms with van der Waals surface area (Å²) in [5.74, 6) is 2.49. The van der Waals surface area contributed by atoms with E-state index >= 15 is 0 Å². The Morgan fingerprint density at radius 1 is 1.14 bits per heavy atom. The zero-order chi connectivity index (χ0) is 15.5. The predicted octanol–water partition coefficient (Wildman–Crippen LogP) is 2.16. The molecule has 0 saturated carbocycles. The smallest absolute Gasteiger partial charge is 0.230 e. The number of hydrogen-bond acceptors (Lipinski definition) is 6. The number of nitrogens with one attached hydrogen (secondary N) is 1. The molecule has 0 bridgehead atoms. The van der Waals surface area contributed by atoms with Gasteiger partial charge in [0.05, 0.1) is 12.6 Å². The molecule has 0 aliphatic heterocycles. The molecule has 0 aliphatic carbocycles. The SMILES string of the molecule is CCc1nnc(CN[C@@H](c2nnc3ccccn23)C(C)C)o1. The second kappa shape index (κ2) is 6.23. The van der Waals surface area contributed by atoms with Crippen molar-refractivity contribution in [1.82, 2.24) is 30.1 Å². The second-order valence-corrected chi connectivity index (χ2v) is 5.53. The van der Waals surface area contributed by atoms with Crippen molar-refractivity contribution >= 4 is 5.65 Å². The molecule has 0 fully saturated rings. The molecule has 3 rings (SSSR count). The van der Waals surface area contributed by atoms with E-state index in [9.17, 15) is 0 Å². The highest BCUT2D eigenvalue weighted by Gasteiger charge is 2.21. The number of aryl methyl sites for hydroxylation is 1. The maximum absolute atomic E-state index is 5.54. The average molecular weight is 300 g/mol. The van der Waals surface area contributed by atoms with Crippen LogP contribution in [0, 0.1) is 5.92 Å². The Kier molecular flexibility index (Phi) is 4.15. The molecule has 7 heteroatoms. The number of fused-ring (bicyclic) bond motifs is 1. The van der Waals surface area contributed by atoms with Crippen molar-refractivity contribution in [3.63, 3.8) is 0 Å². The first-order valence-corrected chi connectivity index (χ1v) is 7.53. The largest absolute Gasteiger partial charge is 0.424 e. The maximum atomic E-state index is 5.54. The lowest BCUT2D eigenvalue weighted by Gasteiger charge is -2.19. The molecule has 7 nitrogen and oxygen atoms in total. The van der Waals surface area contributed by atoms with E-state index in [2.05, 4.69) is 39.6 Å². The van der Waals surface area contributed by atoms with Crippen LogP contribution >= 0.6 is 0 Å². The minimum absolute atomic E-state index is 0.0503. The first-order chi connectivity index (χ1) is 10.7. The van der Waals surface area contributed by atoms with E-state index in [0.29, 0.717) is 24.2 Å². The summed E-state index contributed by atoms with van der Waals surface area (Å²) in [6.07, 6.45) is 2.72. The van der Waals surface area contributed by atoms with Gasteiger partial charge >= 0.3 is 0 Å². The summed E-state index contributed by atoms with van der Waals surface area (Å²) in [6.45, 7) is 6.79. The van der Waals surface area contributed by atoms with Crippen LogP contribution < -0.4 is 5.32 Å². The summed E-state index contributed by atoms with van der Waals surface area (Å²) in [5.41, 5.74) is 0.844. The molecular weight excluding hydrogens is 280 g/mol. The van der Waals surface area contributed by atoms with Gasteiger partial charge in [-0.25, -0.2) is 0 Å². The van der Waals surface area contributed by atoms with E-state index in [1.54, 1.807) is 0 Å². The lowest BCUT2D eigenvalue weighted by Crippen LogP contribution is -2.27. The Morgan fingerprint density at radius 2 is 1.95 bits per heavy atom. The third-order valence-electron chi connectivity index (χ3n) is 3.57. The summed E-state index contributed by atoms with van der Waals surface area (Å²) in [5, 5.41) is 20.0. The average Bonchev–Trinajstić information content (AvgIpc) is 3.14. The molecule has 0 saturated heterocycles. The maximum Gasteiger partial charge on any atom is 0.230 e. The topological polar surface area (TPSA) is 81.1 Å². The van der Waals surface area contributed by atoms with E-state index in [4.69, 9.17) is 4.42 Å². The molecule has 0 radical (unpaired) electrons. The Bertz CT molecular complexity index is 747. The lowest BCUT2D eigenvalue weighted by atomic mass is 10.0. The minimum Gasteiger partial charge on any atom is -0.424 e. The molecule has 3 heterocycles. The van der Waals surface area contributed by atoms with Crippen LogP contribution in [0.1, 0.15) is 44.4 Å². The van der Waals surface area contributed by atoms with Crippen LogP contribution in [-0.2, 0) is 13.0 Å². The number of nitrogens with zero attached hydrogens (tertiary/aromatic N) is 5. The highest BCUT2D eigenvalue weighted by atomic mass is 16.4. The molecule has 22 heavy (non-hydrogen) atoms. The second-order valence-electron chi connectivity index (χ2n) is 5.53. The molecule has 1 N–H and O–H groups in total. The Hall–Kier alpha value is -2.28. The van der Waals surface area contributed by atoms with Gasteiger partial charge in [0.25, 0.3) is 0 Å². The fourth-order valence-electron chi connectivity index (χ4n) is 2.40. The minimum atomic E-state index is 0.0503. The van der Waals surface area contributed by atoms with Gasteiger partial charge in [-0.05, 0) is 18.1 Å². The van der Waals surface area contributed by atoms with Gasteiger partial charge in [-0.1, -0.05) is 26.8 Å². The number of rotatable bonds is 6. The van der Waals surface area contributed by atoms with Crippen LogP contribution in [0.5, 0.6) is 0 Å². The van der Waals surface area contributed by atoms with Crippen molar-refractivity contribution in [3.8, 4) is 0 Å². The van der Waals surface area contributed by atoms with Crippen LogP contribution in [0.4, 0.5) is 0 Å². The summed E-state index contributed by atoms with van der Waals surface area (Å²) < 4.78 is 7.54. The number of aromatic nitrogens is 5. The van der Waals surface area contributed by atoms with Crippen molar-refractivity contribution in [3.05, 3.63) is 42.0 Å². The fourth-order valence-corrected chi connectivity index (χ4v) is 2.40. The van der Waals surface area contributed by atoms with Gasteiger partial charge in [0.15, 0.2) is 11.5 Å². The highest BCUT2D eigenvalue weighted by molar-refractivity contribution is 5.37. The van der Waals surface area contributed by atoms with Gasteiger partial charge in [0.2, 0.25) is 11.8 Å². The van der Waals surface area contributed by atoms with Crippen LogP contribution in [0.3, 0.4) is 0 Å². The van der Waals surface area contributed by atoms with Gasteiger partial charge in [-0.15, -0.1) is 20.4 Å². The molecule has 116 valence electrons. The van der Waals surface area contributed by atoms with E-state index in [-0.39, 0.29) is 6.04 Å². The first-order valence-electron chi connectivity index (χ1n) is 7.53. The molecule has 0 unspecified atom stereocenters. The van der Waals surface area contributed by atoms with E-state index in [1.165, 1.54) is 0 Å². The van der Waals surface area contributed by atoms with E-state index in [0.717, 1.165) is 17.9 Å². The third kappa shape index (κ3) is 2.85. The molecule has 0 aliphatic rings. The molecule has 3 aromatic rings. The lowest BCUT2D eigenvalue weighted by molar-refractivity contribution is 0.357. The van der Waals surface area contributed by atoms with Crippen molar-refractivity contribution < 1.29 is 4.42 Å². The van der Waals surface area contributed by atoms with Crippen LogP contribution in [0.15, 0.2) is 28.8 Å².